The lowest BCUT2D eigenvalue weighted by Gasteiger charge is -2.26. The van der Waals surface area contributed by atoms with Gasteiger partial charge in [-0.15, -0.1) is 0 Å². The summed E-state index contributed by atoms with van der Waals surface area (Å²) in [6.07, 6.45) is 0.644. The van der Waals surface area contributed by atoms with Crippen LogP contribution in [0.25, 0.3) is 0 Å². The molecule has 2 N–H and O–H groups in total. The largest absolute Gasteiger partial charge is 0.399 e. The minimum Gasteiger partial charge on any atom is -0.399 e. The molecule has 0 bridgehead atoms. The van der Waals surface area contributed by atoms with Gasteiger partial charge < -0.3 is 10.5 Å². The van der Waals surface area contributed by atoms with E-state index >= 15 is 0 Å². The Labute approximate surface area is 121 Å². The van der Waals surface area contributed by atoms with E-state index in [2.05, 4.69) is 0 Å². The molecule has 1 rings (SSSR count). The van der Waals surface area contributed by atoms with E-state index in [4.69, 9.17) is 10.5 Å². The number of hydrogen-bond acceptors (Lipinski definition) is 4. The highest BCUT2D eigenvalue weighted by atomic mass is 32.2. The second-order valence-corrected chi connectivity index (χ2v) is 6.78. The van der Waals surface area contributed by atoms with Gasteiger partial charge in [0.2, 0.25) is 10.0 Å². The normalized spacial score (nSPS) is 12.3. The van der Waals surface area contributed by atoms with Gasteiger partial charge in [-0.3, -0.25) is 0 Å². The van der Waals surface area contributed by atoms with Gasteiger partial charge in [0.15, 0.2) is 0 Å². The molecule has 1 aromatic carbocycles. The Morgan fingerprint density at radius 2 is 2.00 bits per heavy atom. The lowest BCUT2D eigenvalue weighted by atomic mass is 10.1. The Morgan fingerprint density at radius 3 is 2.50 bits per heavy atom. The van der Waals surface area contributed by atoms with Gasteiger partial charge in [0.05, 0.1) is 11.5 Å². The Bertz CT molecular complexity index is 541. The molecule has 0 aliphatic heterocycles. The van der Waals surface area contributed by atoms with Crippen LogP contribution in [0.4, 0.5) is 5.69 Å². The van der Waals surface area contributed by atoms with Crippen molar-refractivity contribution in [3.8, 4) is 0 Å². The number of methoxy groups -OCH3 is 1. The van der Waals surface area contributed by atoms with E-state index in [0.29, 0.717) is 30.2 Å². The number of ether oxygens (including phenoxy) is 1. The average molecular weight is 300 g/mol. The molecule has 1 aromatic rings. The van der Waals surface area contributed by atoms with Gasteiger partial charge in [-0.25, -0.2) is 8.42 Å². The first-order valence-corrected chi connectivity index (χ1v) is 8.17. The summed E-state index contributed by atoms with van der Waals surface area (Å²) in [7, 11) is -2.01. The smallest absolute Gasteiger partial charge is 0.243 e. The van der Waals surface area contributed by atoms with Gasteiger partial charge in [0, 0.05) is 25.4 Å². The molecule has 5 nitrogen and oxygen atoms in total. The van der Waals surface area contributed by atoms with E-state index in [1.807, 2.05) is 20.8 Å². The third-order valence-electron chi connectivity index (χ3n) is 3.15. The van der Waals surface area contributed by atoms with Gasteiger partial charge in [-0.2, -0.15) is 4.31 Å². The van der Waals surface area contributed by atoms with Crippen molar-refractivity contribution in [2.75, 3.05) is 26.0 Å². The zero-order chi connectivity index (χ0) is 15.3. The molecule has 20 heavy (non-hydrogen) atoms. The highest BCUT2D eigenvalue weighted by Crippen LogP contribution is 2.24. The number of aryl methyl sites for hydroxylation is 1. The Morgan fingerprint density at radius 1 is 1.35 bits per heavy atom. The van der Waals surface area contributed by atoms with E-state index in [1.54, 1.807) is 19.2 Å². The summed E-state index contributed by atoms with van der Waals surface area (Å²) in [5.74, 6) is 0. The SMILES string of the molecule is CCc1ccc(N)cc1S(=O)(=O)N(CCOC)C(C)C. The van der Waals surface area contributed by atoms with Gasteiger partial charge in [-0.05, 0) is 38.0 Å². The van der Waals surface area contributed by atoms with Crippen LogP contribution in [0.15, 0.2) is 23.1 Å². The lowest BCUT2D eigenvalue weighted by Crippen LogP contribution is -2.39. The number of nitrogens with two attached hydrogens (primary N) is 1. The van der Waals surface area contributed by atoms with Crippen molar-refractivity contribution in [3.05, 3.63) is 23.8 Å². The second-order valence-electron chi connectivity index (χ2n) is 4.92. The van der Waals surface area contributed by atoms with E-state index in [9.17, 15) is 8.42 Å². The molecular weight excluding hydrogens is 276 g/mol. The van der Waals surface area contributed by atoms with Crippen molar-refractivity contribution in [2.45, 2.75) is 38.1 Å². The fourth-order valence-corrected chi connectivity index (χ4v) is 4.02. The van der Waals surface area contributed by atoms with E-state index in [-0.39, 0.29) is 6.04 Å². The summed E-state index contributed by atoms with van der Waals surface area (Å²) in [4.78, 5) is 0.296. The molecule has 0 aliphatic rings. The predicted molar refractivity (Wildman–Crippen MR) is 81.1 cm³/mol. The number of hydrogen-bond donors (Lipinski definition) is 1. The topological polar surface area (TPSA) is 72.6 Å². The lowest BCUT2D eigenvalue weighted by molar-refractivity contribution is 0.171. The number of sulfonamides is 1. The minimum absolute atomic E-state index is 0.138. The molecule has 0 radical (unpaired) electrons. The van der Waals surface area contributed by atoms with Crippen LogP contribution in [-0.4, -0.2) is 39.0 Å². The second kappa shape index (κ2) is 7.06. The quantitative estimate of drug-likeness (QED) is 0.780. The maximum absolute atomic E-state index is 12.8. The molecular formula is C14H24N2O3S. The van der Waals surface area contributed by atoms with Crippen LogP contribution in [0.2, 0.25) is 0 Å². The monoisotopic (exact) mass is 300 g/mol. The molecule has 0 saturated carbocycles. The van der Waals surface area contributed by atoms with Gasteiger partial charge in [-0.1, -0.05) is 13.0 Å². The summed E-state index contributed by atoms with van der Waals surface area (Å²) in [5.41, 5.74) is 6.98. The molecule has 0 aromatic heterocycles. The van der Waals surface area contributed by atoms with Crippen molar-refractivity contribution >= 4 is 15.7 Å². The first kappa shape index (κ1) is 16.9. The summed E-state index contributed by atoms with van der Waals surface area (Å²) in [5, 5.41) is 0. The molecule has 0 spiro atoms. The van der Waals surface area contributed by atoms with Gasteiger partial charge in [0.25, 0.3) is 0 Å². The maximum atomic E-state index is 12.8. The van der Waals surface area contributed by atoms with Crippen LogP contribution in [-0.2, 0) is 21.2 Å². The Kier molecular flexibility index (Phi) is 5.98. The molecule has 0 saturated heterocycles. The standard InChI is InChI=1S/C14H24N2O3S/c1-5-12-6-7-13(15)10-14(12)20(17,18)16(11(2)3)8-9-19-4/h6-7,10-11H,5,8-9,15H2,1-4H3. The predicted octanol–water partition coefficient (Wildman–Crippen LogP) is 1.88. The van der Waals surface area contributed by atoms with E-state index < -0.39 is 10.0 Å². The van der Waals surface area contributed by atoms with Crippen LogP contribution >= 0.6 is 0 Å². The Hall–Kier alpha value is -1.11. The minimum atomic E-state index is -3.56. The molecule has 114 valence electrons. The van der Waals surface area contributed by atoms with Crippen LogP contribution in [0, 0.1) is 0 Å². The third-order valence-corrected chi connectivity index (χ3v) is 5.31. The third kappa shape index (κ3) is 3.71. The number of benzene rings is 1. The summed E-state index contributed by atoms with van der Waals surface area (Å²) < 4.78 is 32.1. The maximum Gasteiger partial charge on any atom is 0.243 e. The molecule has 0 fully saturated rings. The van der Waals surface area contributed by atoms with Crippen LogP contribution < -0.4 is 5.73 Å². The molecule has 0 aliphatic carbocycles. The van der Waals surface area contributed by atoms with E-state index in [1.165, 1.54) is 10.4 Å². The summed E-state index contributed by atoms with van der Waals surface area (Å²) in [6, 6.07) is 4.90. The number of anilines is 1. The van der Waals surface area contributed by atoms with Crippen LogP contribution in [0.5, 0.6) is 0 Å². The average Bonchev–Trinajstić information content (AvgIpc) is 2.38. The molecule has 0 heterocycles. The zero-order valence-electron chi connectivity index (χ0n) is 12.6. The van der Waals surface area contributed by atoms with Crippen molar-refractivity contribution in [3.63, 3.8) is 0 Å². The first-order valence-electron chi connectivity index (χ1n) is 6.73. The van der Waals surface area contributed by atoms with E-state index in [0.717, 1.165) is 5.56 Å². The highest BCUT2D eigenvalue weighted by Gasteiger charge is 2.28. The van der Waals surface area contributed by atoms with Crippen molar-refractivity contribution in [1.29, 1.82) is 0 Å². The Balaban J connectivity index is 3.28. The molecule has 0 atom stereocenters. The zero-order valence-corrected chi connectivity index (χ0v) is 13.4. The van der Waals surface area contributed by atoms with Crippen LogP contribution in [0.3, 0.4) is 0 Å². The summed E-state index contributed by atoms with van der Waals surface area (Å²) in [6.45, 7) is 6.32. The number of nitrogens with zero attached hydrogens (tertiary/aromatic N) is 1. The molecule has 0 unspecified atom stereocenters. The van der Waals surface area contributed by atoms with Crippen LogP contribution in [0.1, 0.15) is 26.3 Å². The van der Waals surface area contributed by atoms with Crippen molar-refractivity contribution < 1.29 is 13.2 Å². The van der Waals surface area contributed by atoms with Crippen molar-refractivity contribution in [1.82, 2.24) is 4.31 Å². The van der Waals surface area contributed by atoms with Gasteiger partial charge in [0.1, 0.15) is 0 Å². The van der Waals surface area contributed by atoms with Gasteiger partial charge >= 0.3 is 0 Å². The summed E-state index contributed by atoms with van der Waals surface area (Å²) >= 11 is 0. The molecule has 6 heteroatoms. The van der Waals surface area contributed by atoms with Crippen molar-refractivity contribution in [2.24, 2.45) is 0 Å². The highest BCUT2D eigenvalue weighted by molar-refractivity contribution is 7.89. The first-order chi connectivity index (χ1) is 9.34. The molecule has 0 amide bonds. The fourth-order valence-electron chi connectivity index (χ4n) is 2.07. The fraction of sp³-hybridized carbons (Fsp3) is 0.571. The number of rotatable bonds is 7. The number of nitrogen functional groups attached to an aromatic ring is 1.